The molecule has 0 spiro atoms. The van der Waals surface area contributed by atoms with Crippen LogP contribution in [0.3, 0.4) is 0 Å². The lowest BCUT2D eigenvalue weighted by Crippen LogP contribution is -2.32. The summed E-state index contributed by atoms with van der Waals surface area (Å²) >= 11 is 0. The van der Waals surface area contributed by atoms with Crippen LogP contribution in [0.5, 0.6) is 5.88 Å². The third-order valence-electron chi connectivity index (χ3n) is 3.77. The number of H-pyrrole nitrogens is 1. The summed E-state index contributed by atoms with van der Waals surface area (Å²) in [6.07, 6.45) is 5.35. The average molecular weight is 302 g/mol. The van der Waals surface area contributed by atoms with Gasteiger partial charge in [0, 0.05) is 31.9 Å². The highest BCUT2D eigenvalue weighted by atomic mass is 16.5. The first-order valence-electron chi connectivity index (χ1n) is 7.27. The van der Waals surface area contributed by atoms with Crippen LogP contribution in [0.1, 0.15) is 24.8 Å². The van der Waals surface area contributed by atoms with Crippen LogP contribution in [0, 0.1) is 0 Å². The molecule has 7 heteroatoms. The number of ether oxygens (including phenoxy) is 1. The van der Waals surface area contributed by atoms with Gasteiger partial charge in [-0.15, -0.1) is 0 Å². The maximum absolute atomic E-state index is 11.6. The highest BCUT2D eigenvalue weighted by Gasteiger charge is 2.19. The lowest BCUT2D eigenvalue weighted by atomic mass is 9.96. The van der Waals surface area contributed by atoms with E-state index in [2.05, 4.69) is 15.3 Å². The first-order chi connectivity index (χ1) is 10.6. The van der Waals surface area contributed by atoms with E-state index in [1.807, 2.05) is 12.1 Å². The van der Waals surface area contributed by atoms with Crippen molar-refractivity contribution in [1.29, 1.82) is 0 Å². The third kappa shape index (κ3) is 3.19. The lowest BCUT2D eigenvalue weighted by Gasteiger charge is -2.25. The van der Waals surface area contributed by atoms with Gasteiger partial charge in [0.25, 0.3) is 5.56 Å². The summed E-state index contributed by atoms with van der Waals surface area (Å²) in [6, 6.07) is 5.08. The molecule has 2 N–H and O–H groups in total. The van der Waals surface area contributed by atoms with Crippen LogP contribution in [0.4, 0.5) is 5.82 Å². The normalized spacial score (nSPS) is 14.4. The maximum atomic E-state index is 11.6. The Morgan fingerprint density at radius 1 is 1.41 bits per heavy atom. The van der Waals surface area contributed by atoms with Gasteiger partial charge < -0.3 is 10.1 Å². The number of aromatic amines is 1. The van der Waals surface area contributed by atoms with E-state index >= 15 is 0 Å². The summed E-state index contributed by atoms with van der Waals surface area (Å²) in [5, 5.41) is 3.03. The molecule has 1 aliphatic carbocycles. The van der Waals surface area contributed by atoms with Crippen LogP contribution >= 0.6 is 0 Å². The first-order valence-corrected chi connectivity index (χ1v) is 7.27. The van der Waals surface area contributed by atoms with Gasteiger partial charge in [0.2, 0.25) is 5.88 Å². The molecule has 1 fully saturated rings. The summed E-state index contributed by atoms with van der Waals surface area (Å²) in [6.45, 7) is 0.465. The van der Waals surface area contributed by atoms with E-state index in [4.69, 9.17) is 4.74 Å². The largest absolute Gasteiger partial charge is 0.474 e. The Bertz CT molecular complexity index is 746. The van der Waals surface area contributed by atoms with Gasteiger partial charge in [-0.25, -0.2) is 9.78 Å². The molecule has 2 aromatic heterocycles. The van der Waals surface area contributed by atoms with Gasteiger partial charge in [-0.2, -0.15) is 0 Å². The van der Waals surface area contributed by atoms with Gasteiger partial charge >= 0.3 is 5.69 Å². The molecule has 0 radical (unpaired) electrons. The monoisotopic (exact) mass is 302 g/mol. The van der Waals surface area contributed by atoms with Crippen LogP contribution in [0.2, 0.25) is 0 Å². The Morgan fingerprint density at radius 2 is 2.23 bits per heavy atom. The van der Waals surface area contributed by atoms with Gasteiger partial charge in [-0.05, 0) is 30.9 Å². The molecule has 2 aromatic rings. The molecule has 1 saturated carbocycles. The molecule has 0 bridgehead atoms. The zero-order valence-corrected chi connectivity index (χ0v) is 12.3. The molecule has 22 heavy (non-hydrogen) atoms. The van der Waals surface area contributed by atoms with Gasteiger partial charge in [-0.1, -0.05) is 0 Å². The van der Waals surface area contributed by atoms with Crippen molar-refractivity contribution in [3.63, 3.8) is 0 Å². The number of aromatic nitrogens is 3. The van der Waals surface area contributed by atoms with Crippen molar-refractivity contribution < 1.29 is 4.74 Å². The second-order valence-electron chi connectivity index (χ2n) is 5.41. The molecule has 0 amide bonds. The quantitative estimate of drug-likeness (QED) is 0.860. The molecular formula is C15H18N4O3. The third-order valence-corrected chi connectivity index (χ3v) is 3.77. The van der Waals surface area contributed by atoms with Crippen molar-refractivity contribution in [2.75, 3.05) is 5.32 Å². The molecule has 2 heterocycles. The summed E-state index contributed by atoms with van der Waals surface area (Å²) < 4.78 is 6.76. The van der Waals surface area contributed by atoms with Gasteiger partial charge in [0.05, 0.1) is 0 Å². The van der Waals surface area contributed by atoms with E-state index in [0.717, 1.165) is 23.0 Å². The summed E-state index contributed by atoms with van der Waals surface area (Å²) in [4.78, 5) is 29.9. The maximum Gasteiger partial charge on any atom is 0.329 e. The Balaban J connectivity index is 1.67. The lowest BCUT2D eigenvalue weighted by molar-refractivity contribution is 0.114. The Hall–Kier alpha value is -2.57. The molecule has 0 unspecified atom stereocenters. The fourth-order valence-corrected chi connectivity index (χ4v) is 2.13. The topological polar surface area (TPSA) is 89.0 Å². The Labute approximate surface area is 127 Å². The molecule has 0 aromatic carbocycles. The minimum absolute atomic E-state index is 0.282. The molecule has 0 aliphatic heterocycles. The first kappa shape index (κ1) is 14.4. The smallest absolute Gasteiger partial charge is 0.329 e. The van der Waals surface area contributed by atoms with Crippen molar-refractivity contribution in [3.8, 4) is 5.88 Å². The van der Waals surface area contributed by atoms with E-state index in [1.165, 1.54) is 19.5 Å². The van der Waals surface area contributed by atoms with Crippen molar-refractivity contribution in [3.05, 3.63) is 50.8 Å². The fraction of sp³-hybridized carbons (Fsp3) is 0.400. The van der Waals surface area contributed by atoms with Crippen LogP contribution in [0.25, 0.3) is 0 Å². The highest BCUT2D eigenvalue weighted by molar-refractivity contribution is 5.34. The van der Waals surface area contributed by atoms with Crippen molar-refractivity contribution in [2.24, 2.45) is 7.05 Å². The zero-order valence-electron chi connectivity index (χ0n) is 12.3. The number of hydrogen-bond acceptors (Lipinski definition) is 5. The van der Waals surface area contributed by atoms with Gasteiger partial charge in [-0.3, -0.25) is 14.3 Å². The number of rotatable bonds is 5. The predicted molar refractivity (Wildman–Crippen MR) is 82.1 cm³/mol. The van der Waals surface area contributed by atoms with E-state index < -0.39 is 5.69 Å². The SMILES string of the molecule is Cn1c(=O)cc(NCc2ccnc(OC3CCC3)c2)[nH]c1=O. The van der Waals surface area contributed by atoms with E-state index in [-0.39, 0.29) is 11.7 Å². The van der Waals surface area contributed by atoms with E-state index in [0.29, 0.717) is 18.2 Å². The van der Waals surface area contributed by atoms with Crippen molar-refractivity contribution in [1.82, 2.24) is 14.5 Å². The Kier molecular flexibility index (Phi) is 3.95. The standard InChI is InChI=1S/C15H18N4O3/c1-19-14(20)8-12(18-15(19)21)17-9-10-5-6-16-13(7-10)22-11-3-2-4-11/h5-8,11,17H,2-4,9H2,1H3,(H,18,21). The Morgan fingerprint density at radius 3 is 2.91 bits per heavy atom. The van der Waals surface area contributed by atoms with Gasteiger partial charge in [0.1, 0.15) is 11.9 Å². The molecule has 1 aliphatic rings. The number of nitrogens with zero attached hydrogens (tertiary/aromatic N) is 2. The minimum Gasteiger partial charge on any atom is -0.474 e. The van der Waals surface area contributed by atoms with E-state index in [1.54, 1.807) is 6.20 Å². The highest BCUT2D eigenvalue weighted by Crippen LogP contribution is 2.24. The van der Waals surface area contributed by atoms with Crippen molar-refractivity contribution >= 4 is 5.82 Å². The number of anilines is 1. The van der Waals surface area contributed by atoms with E-state index in [9.17, 15) is 9.59 Å². The van der Waals surface area contributed by atoms with Gasteiger partial charge in [0.15, 0.2) is 0 Å². The van der Waals surface area contributed by atoms with Crippen molar-refractivity contribution in [2.45, 2.75) is 31.9 Å². The molecule has 0 saturated heterocycles. The van der Waals surface area contributed by atoms with Crippen LogP contribution in [-0.4, -0.2) is 20.6 Å². The second-order valence-corrected chi connectivity index (χ2v) is 5.41. The summed E-state index contributed by atoms with van der Waals surface area (Å²) in [5.74, 6) is 1.01. The molecular weight excluding hydrogens is 284 g/mol. The number of pyridine rings is 1. The van der Waals surface area contributed by atoms with Crippen LogP contribution in [0.15, 0.2) is 34.0 Å². The number of hydrogen-bond donors (Lipinski definition) is 2. The molecule has 7 nitrogen and oxygen atoms in total. The molecule has 116 valence electrons. The van der Waals surface area contributed by atoms with Crippen LogP contribution < -0.4 is 21.3 Å². The average Bonchev–Trinajstić information content (AvgIpc) is 2.47. The molecule has 3 rings (SSSR count). The minimum atomic E-state index is -0.446. The molecule has 0 atom stereocenters. The van der Waals surface area contributed by atoms with Crippen LogP contribution in [-0.2, 0) is 13.6 Å². The second kappa shape index (κ2) is 6.05. The zero-order chi connectivity index (χ0) is 15.5. The summed E-state index contributed by atoms with van der Waals surface area (Å²) in [7, 11) is 1.43. The predicted octanol–water partition coefficient (Wildman–Crippen LogP) is 1.01. The summed E-state index contributed by atoms with van der Waals surface area (Å²) in [5.41, 5.74) is 0.166. The number of nitrogens with one attached hydrogen (secondary N) is 2. The fourth-order valence-electron chi connectivity index (χ4n) is 2.13.